The zero-order valence-corrected chi connectivity index (χ0v) is 15.1. The number of benzene rings is 1. The highest BCUT2D eigenvalue weighted by molar-refractivity contribution is 5.40. The van der Waals surface area contributed by atoms with Crippen molar-refractivity contribution in [2.75, 3.05) is 27.3 Å². The van der Waals surface area contributed by atoms with Crippen molar-refractivity contribution in [2.24, 2.45) is 0 Å². The van der Waals surface area contributed by atoms with Gasteiger partial charge < -0.3 is 14.2 Å². The molecule has 3 rings (SSSR count). The average Bonchev–Trinajstić information content (AvgIpc) is 2.65. The van der Waals surface area contributed by atoms with Crippen LogP contribution in [0.1, 0.15) is 24.0 Å². The lowest BCUT2D eigenvalue weighted by Gasteiger charge is -2.31. The summed E-state index contributed by atoms with van der Waals surface area (Å²) in [6.07, 6.45) is 5.66. The van der Waals surface area contributed by atoms with Gasteiger partial charge in [0.1, 0.15) is 17.6 Å². The van der Waals surface area contributed by atoms with E-state index in [1.54, 1.807) is 26.6 Å². The van der Waals surface area contributed by atoms with Crippen LogP contribution in [-0.2, 0) is 6.54 Å². The lowest BCUT2D eigenvalue weighted by atomic mass is 10.1. The zero-order valence-electron chi connectivity index (χ0n) is 15.1. The van der Waals surface area contributed by atoms with Crippen molar-refractivity contribution >= 4 is 0 Å². The van der Waals surface area contributed by atoms with Gasteiger partial charge in [0.25, 0.3) is 0 Å². The summed E-state index contributed by atoms with van der Waals surface area (Å²) in [6.45, 7) is 4.75. The highest BCUT2D eigenvalue weighted by Gasteiger charge is 2.22. The molecule has 0 saturated carbocycles. The number of ether oxygens (including phenoxy) is 3. The van der Waals surface area contributed by atoms with Gasteiger partial charge in [0.15, 0.2) is 0 Å². The number of methoxy groups -OCH3 is 2. The van der Waals surface area contributed by atoms with E-state index in [9.17, 15) is 0 Å². The minimum atomic E-state index is 0.172. The number of likely N-dealkylation sites (tertiary alicyclic amines) is 1. The van der Waals surface area contributed by atoms with Crippen molar-refractivity contribution in [3.05, 3.63) is 41.7 Å². The molecule has 1 aliphatic heterocycles. The van der Waals surface area contributed by atoms with E-state index in [4.69, 9.17) is 14.2 Å². The van der Waals surface area contributed by atoms with Gasteiger partial charge in [-0.25, -0.2) is 9.97 Å². The molecule has 25 heavy (non-hydrogen) atoms. The third-order valence-corrected chi connectivity index (χ3v) is 4.45. The van der Waals surface area contributed by atoms with Crippen LogP contribution in [0.3, 0.4) is 0 Å². The normalized spacial score (nSPS) is 15.8. The first kappa shape index (κ1) is 17.5. The Morgan fingerprint density at radius 1 is 1.08 bits per heavy atom. The van der Waals surface area contributed by atoms with Crippen LogP contribution in [0.2, 0.25) is 0 Å². The second-order valence-corrected chi connectivity index (χ2v) is 6.31. The van der Waals surface area contributed by atoms with Gasteiger partial charge in [0, 0.05) is 37.6 Å². The summed E-state index contributed by atoms with van der Waals surface area (Å²) < 4.78 is 16.7. The number of hydrogen-bond acceptors (Lipinski definition) is 6. The van der Waals surface area contributed by atoms with Gasteiger partial charge in [-0.3, -0.25) is 4.90 Å². The van der Waals surface area contributed by atoms with Crippen LogP contribution >= 0.6 is 0 Å². The third-order valence-electron chi connectivity index (χ3n) is 4.45. The molecule has 1 aromatic carbocycles. The van der Waals surface area contributed by atoms with Crippen LogP contribution in [-0.4, -0.2) is 48.3 Å². The summed E-state index contributed by atoms with van der Waals surface area (Å²) >= 11 is 0. The molecule has 0 N–H and O–H groups in total. The molecule has 2 aromatic rings. The molecule has 0 unspecified atom stereocenters. The van der Waals surface area contributed by atoms with Gasteiger partial charge in [-0.05, 0) is 43.5 Å². The molecule has 1 aromatic heterocycles. The molecule has 1 saturated heterocycles. The molecule has 6 heteroatoms. The maximum absolute atomic E-state index is 5.90. The number of hydrogen-bond donors (Lipinski definition) is 0. The van der Waals surface area contributed by atoms with E-state index in [1.807, 2.05) is 25.1 Å². The number of piperidine rings is 1. The topological polar surface area (TPSA) is 56.7 Å². The van der Waals surface area contributed by atoms with Gasteiger partial charge in [0.2, 0.25) is 0 Å². The Hall–Kier alpha value is -2.34. The molecular formula is C19H25N3O3. The average molecular weight is 343 g/mol. The summed E-state index contributed by atoms with van der Waals surface area (Å²) in [5, 5.41) is 0. The Kier molecular flexibility index (Phi) is 5.71. The maximum atomic E-state index is 5.90. The molecule has 6 nitrogen and oxygen atoms in total. The molecule has 0 radical (unpaired) electrons. The molecule has 0 amide bonds. The van der Waals surface area contributed by atoms with Crippen molar-refractivity contribution in [1.29, 1.82) is 0 Å². The highest BCUT2D eigenvalue weighted by Crippen LogP contribution is 2.26. The number of aromatic nitrogens is 2. The van der Waals surface area contributed by atoms with Gasteiger partial charge in [-0.15, -0.1) is 0 Å². The summed E-state index contributed by atoms with van der Waals surface area (Å²) in [6, 6.07) is 6.39. The lowest BCUT2D eigenvalue weighted by molar-refractivity contribution is 0.0888. The van der Waals surface area contributed by atoms with E-state index >= 15 is 0 Å². The van der Waals surface area contributed by atoms with E-state index in [0.29, 0.717) is 6.01 Å². The zero-order chi connectivity index (χ0) is 17.6. The number of rotatable bonds is 6. The summed E-state index contributed by atoms with van der Waals surface area (Å²) in [7, 11) is 3.38. The highest BCUT2D eigenvalue weighted by atomic mass is 16.5. The monoisotopic (exact) mass is 343 g/mol. The molecule has 134 valence electrons. The van der Waals surface area contributed by atoms with Crippen molar-refractivity contribution in [2.45, 2.75) is 32.4 Å². The predicted octanol–water partition coefficient (Wildman–Crippen LogP) is 2.85. The second kappa shape index (κ2) is 8.16. The molecular weight excluding hydrogens is 318 g/mol. The SMILES string of the molecule is COc1ccc(OC)c(CN2CCC(Oc3ncc(C)cn3)CC2)c1. The molecule has 2 heterocycles. The van der Waals surface area contributed by atoms with E-state index in [0.717, 1.165) is 55.1 Å². The molecule has 1 aliphatic rings. The summed E-state index contributed by atoms with van der Waals surface area (Å²) in [4.78, 5) is 10.9. The Balaban J connectivity index is 1.55. The van der Waals surface area contributed by atoms with Crippen LogP contribution in [0.25, 0.3) is 0 Å². The predicted molar refractivity (Wildman–Crippen MR) is 95.2 cm³/mol. The summed E-state index contributed by atoms with van der Waals surface area (Å²) in [5.74, 6) is 1.75. The Bertz CT molecular complexity index is 683. The van der Waals surface area contributed by atoms with Gasteiger partial charge in [-0.1, -0.05) is 0 Å². The maximum Gasteiger partial charge on any atom is 0.316 e. The van der Waals surface area contributed by atoms with Crippen LogP contribution in [0.5, 0.6) is 17.5 Å². The fourth-order valence-electron chi connectivity index (χ4n) is 3.02. The number of aryl methyl sites for hydroxylation is 1. The molecule has 0 spiro atoms. The van der Waals surface area contributed by atoms with E-state index in [1.165, 1.54) is 0 Å². The second-order valence-electron chi connectivity index (χ2n) is 6.31. The molecule has 0 atom stereocenters. The summed E-state index contributed by atoms with van der Waals surface area (Å²) in [5.41, 5.74) is 2.18. The Morgan fingerprint density at radius 3 is 2.44 bits per heavy atom. The molecule has 0 aliphatic carbocycles. The Morgan fingerprint density at radius 2 is 1.80 bits per heavy atom. The van der Waals surface area contributed by atoms with E-state index in [2.05, 4.69) is 14.9 Å². The fraction of sp³-hybridized carbons (Fsp3) is 0.474. The quantitative estimate of drug-likeness (QED) is 0.804. The van der Waals surface area contributed by atoms with Crippen LogP contribution < -0.4 is 14.2 Å². The first-order valence-corrected chi connectivity index (χ1v) is 8.56. The smallest absolute Gasteiger partial charge is 0.316 e. The number of nitrogens with zero attached hydrogens (tertiary/aromatic N) is 3. The van der Waals surface area contributed by atoms with Crippen LogP contribution in [0.4, 0.5) is 0 Å². The van der Waals surface area contributed by atoms with E-state index in [-0.39, 0.29) is 6.10 Å². The van der Waals surface area contributed by atoms with E-state index < -0.39 is 0 Å². The molecule has 0 bridgehead atoms. The van der Waals surface area contributed by atoms with Crippen molar-refractivity contribution < 1.29 is 14.2 Å². The van der Waals surface area contributed by atoms with Crippen molar-refractivity contribution in [3.63, 3.8) is 0 Å². The van der Waals surface area contributed by atoms with Crippen molar-refractivity contribution in [3.8, 4) is 17.5 Å². The fourth-order valence-corrected chi connectivity index (χ4v) is 3.02. The first-order valence-electron chi connectivity index (χ1n) is 8.56. The standard InChI is InChI=1S/C19H25N3O3/c1-14-11-20-19(21-12-14)25-16-6-8-22(9-7-16)13-15-10-17(23-2)4-5-18(15)24-3/h4-5,10-12,16H,6-9,13H2,1-3H3. The largest absolute Gasteiger partial charge is 0.497 e. The van der Waals surface area contributed by atoms with Crippen LogP contribution in [0, 0.1) is 6.92 Å². The van der Waals surface area contributed by atoms with Crippen LogP contribution in [0.15, 0.2) is 30.6 Å². The third kappa shape index (κ3) is 4.60. The first-order chi connectivity index (χ1) is 12.2. The Labute approximate surface area is 148 Å². The lowest BCUT2D eigenvalue weighted by Crippen LogP contribution is -2.38. The minimum Gasteiger partial charge on any atom is -0.497 e. The van der Waals surface area contributed by atoms with Gasteiger partial charge >= 0.3 is 6.01 Å². The van der Waals surface area contributed by atoms with Crippen molar-refractivity contribution in [1.82, 2.24) is 14.9 Å². The minimum absolute atomic E-state index is 0.172. The van der Waals surface area contributed by atoms with Gasteiger partial charge in [0.05, 0.1) is 14.2 Å². The van der Waals surface area contributed by atoms with Gasteiger partial charge in [-0.2, -0.15) is 0 Å². The molecule has 1 fully saturated rings.